The van der Waals surface area contributed by atoms with Crippen molar-refractivity contribution in [3.63, 3.8) is 0 Å². The molecule has 1 radical (unpaired) electrons. The van der Waals surface area contributed by atoms with Gasteiger partial charge in [0.15, 0.2) is 0 Å². The minimum absolute atomic E-state index is 0.180. The molecule has 17 heavy (non-hydrogen) atoms. The predicted octanol–water partition coefficient (Wildman–Crippen LogP) is 0.310. The van der Waals surface area contributed by atoms with Gasteiger partial charge in [-0.25, -0.2) is 0 Å². The van der Waals surface area contributed by atoms with Gasteiger partial charge >= 0.3 is 0 Å². The van der Waals surface area contributed by atoms with Crippen molar-refractivity contribution in [1.29, 1.82) is 0 Å². The lowest BCUT2D eigenvalue weighted by molar-refractivity contribution is 0.198. The minimum Gasteiger partial charge on any atom is -0.428 e. The third-order valence-corrected chi connectivity index (χ3v) is 3.00. The molecule has 4 nitrogen and oxygen atoms in total. The molecule has 0 aliphatic carbocycles. The molecule has 0 bridgehead atoms. The highest BCUT2D eigenvalue weighted by molar-refractivity contribution is 6.26. The molecule has 1 aromatic carbocycles. The van der Waals surface area contributed by atoms with E-state index in [4.69, 9.17) is 10.4 Å². The van der Waals surface area contributed by atoms with Crippen molar-refractivity contribution in [2.24, 2.45) is 5.73 Å². The molecule has 1 heterocycles. The number of aliphatic hydroxyl groups excluding tert-OH is 1. The number of anilines is 1. The lowest BCUT2D eigenvalue weighted by atomic mass is 9.89. The first-order chi connectivity index (χ1) is 8.29. The topological polar surface area (TPSA) is 58.7 Å². The summed E-state index contributed by atoms with van der Waals surface area (Å²) in [6, 6.07) is 8.33. The number of rotatable bonds is 5. The largest absolute Gasteiger partial charge is 0.428 e. The van der Waals surface area contributed by atoms with Crippen molar-refractivity contribution in [2.75, 3.05) is 24.7 Å². The molecule has 0 spiro atoms. The summed E-state index contributed by atoms with van der Waals surface area (Å²) in [6.45, 7) is 1.90. The van der Waals surface area contributed by atoms with Gasteiger partial charge in [0.25, 0.3) is 7.48 Å². The number of nitrogens with two attached hydrogens (primary N) is 1. The first kappa shape index (κ1) is 12.4. The van der Waals surface area contributed by atoms with Crippen LogP contribution < -0.4 is 10.6 Å². The molecule has 0 amide bonds. The Balaban J connectivity index is 1.89. The summed E-state index contributed by atoms with van der Waals surface area (Å²) in [5.41, 5.74) is 7.60. The van der Waals surface area contributed by atoms with Crippen molar-refractivity contribution in [3.8, 4) is 0 Å². The second-order valence-electron chi connectivity index (χ2n) is 4.26. The maximum Gasteiger partial charge on any atom is 0.298 e. The molecule has 1 fully saturated rings. The fraction of sp³-hybridized carbons (Fsp3) is 0.500. The van der Waals surface area contributed by atoms with Gasteiger partial charge in [-0.15, -0.1) is 0 Å². The Morgan fingerprint density at radius 2 is 2.18 bits per heavy atom. The molecule has 5 heteroatoms. The number of aliphatic hydroxyl groups is 1. The molecule has 2 rings (SSSR count). The Labute approximate surface area is 103 Å². The smallest absolute Gasteiger partial charge is 0.298 e. The fourth-order valence-electron chi connectivity index (χ4n) is 2.04. The zero-order chi connectivity index (χ0) is 12.1. The van der Waals surface area contributed by atoms with Crippen LogP contribution in [-0.2, 0) is 11.0 Å². The van der Waals surface area contributed by atoms with Crippen molar-refractivity contribution >= 4 is 13.2 Å². The van der Waals surface area contributed by atoms with E-state index >= 15 is 0 Å². The molecule has 1 aliphatic heterocycles. The van der Waals surface area contributed by atoms with Crippen LogP contribution in [0, 0.1) is 0 Å². The van der Waals surface area contributed by atoms with Crippen LogP contribution in [0.2, 0.25) is 0 Å². The van der Waals surface area contributed by atoms with Gasteiger partial charge in [-0.1, -0.05) is 17.7 Å². The van der Waals surface area contributed by atoms with Gasteiger partial charge in [0.05, 0.1) is 12.8 Å². The van der Waals surface area contributed by atoms with Crippen LogP contribution in [0.25, 0.3) is 0 Å². The van der Waals surface area contributed by atoms with Crippen LogP contribution in [0.5, 0.6) is 0 Å². The number of β-amino-alcohol motifs (C(OH)–C–C–N with tert-alkyl or cyclic N) is 1. The first-order valence-electron chi connectivity index (χ1n) is 5.95. The first-order valence-corrected chi connectivity index (χ1v) is 5.95. The molecule has 1 aliphatic rings. The normalized spacial score (nSPS) is 19.6. The Morgan fingerprint density at radius 3 is 2.76 bits per heavy atom. The van der Waals surface area contributed by atoms with Gasteiger partial charge in [-0.05, 0) is 24.9 Å². The van der Waals surface area contributed by atoms with E-state index in [9.17, 15) is 5.11 Å². The second kappa shape index (κ2) is 6.05. The van der Waals surface area contributed by atoms with Gasteiger partial charge in [0, 0.05) is 18.8 Å². The molecule has 91 valence electrons. The van der Waals surface area contributed by atoms with Gasteiger partial charge in [0.1, 0.15) is 0 Å². The zero-order valence-electron chi connectivity index (χ0n) is 9.88. The number of nitrogens with zero attached hydrogens (tertiary/aromatic N) is 1. The summed E-state index contributed by atoms with van der Waals surface area (Å²) in [5.74, 6) is 0. The van der Waals surface area contributed by atoms with Crippen molar-refractivity contribution in [2.45, 2.75) is 18.8 Å². The third kappa shape index (κ3) is 3.46. The molecular weight excluding hydrogens is 215 g/mol. The van der Waals surface area contributed by atoms with E-state index in [1.54, 1.807) is 7.48 Å². The minimum atomic E-state index is -0.180. The molecule has 3 N–H and O–H groups in total. The summed E-state index contributed by atoms with van der Waals surface area (Å²) in [5, 5.41) is 9.48. The Kier molecular flexibility index (Phi) is 4.42. The number of benzene rings is 1. The number of hydrogen-bond acceptors (Lipinski definition) is 4. The van der Waals surface area contributed by atoms with Crippen LogP contribution in [0.1, 0.15) is 12.0 Å². The lowest BCUT2D eigenvalue weighted by Gasteiger charge is -2.17. The number of hydrogen-bond donors (Lipinski definition) is 2. The molecule has 1 aromatic rings. The molecule has 1 atom stereocenters. The summed E-state index contributed by atoms with van der Waals surface area (Å²) in [7, 11) is 1.72. The summed E-state index contributed by atoms with van der Waals surface area (Å²) in [4.78, 5) is 2.20. The van der Waals surface area contributed by atoms with E-state index < -0.39 is 0 Å². The van der Waals surface area contributed by atoms with Crippen molar-refractivity contribution in [1.82, 2.24) is 0 Å². The van der Waals surface area contributed by atoms with E-state index in [1.165, 1.54) is 11.3 Å². The Hall–Kier alpha value is -1.04. The summed E-state index contributed by atoms with van der Waals surface area (Å²) >= 11 is 0. The molecule has 1 saturated heterocycles. The van der Waals surface area contributed by atoms with E-state index in [1.807, 2.05) is 0 Å². The molecule has 0 aromatic heterocycles. The molecule has 0 unspecified atom stereocenters. The van der Waals surface area contributed by atoms with E-state index in [-0.39, 0.29) is 12.8 Å². The van der Waals surface area contributed by atoms with Gasteiger partial charge in [-0.3, -0.25) is 0 Å². The Morgan fingerprint density at radius 1 is 1.41 bits per heavy atom. The van der Waals surface area contributed by atoms with E-state index in [0.29, 0.717) is 0 Å². The highest BCUT2D eigenvalue weighted by Crippen LogP contribution is 2.20. The van der Waals surface area contributed by atoms with Gasteiger partial charge in [-0.2, -0.15) is 0 Å². The van der Waals surface area contributed by atoms with E-state index in [0.717, 1.165) is 25.8 Å². The van der Waals surface area contributed by atoms with Gasteiger partial charge < -0.3 is 20.4 Å². The average Bonchev–Trinajstić information content (AvgIpc) is 2.77. The highest BCUT2D eigenvalue weighted by atomic mass is 16.4. The molecular formula is C12H18BN2O2. The summed E-state index contributed by atoms with van der Waals surface area (Å²) < 4.78 is 4.99. The van der Waals surface area contributed by atoms with Crippen molar-refractivity contribution in [3.05, 3.63) is 29.8 Å². The second-order valence-corrected chi connectivity index (χ2v) is 4.26. The predicted molar refractivity (Wildman–Crippen MR) is 68.9 cm³/mol. The standard InChI is InChI=1S/C12H18BN2O2/c14-9-17-13-7-10-1-3-11(4-2-10)15-6-5-12(16)8-15/h1-4,12,16H,5-9,14H2/t12-/m0/s1. The third-order valence-electron chi connectivity index (χ3n) is 3.00. The summed E-state index contributed by atoms with van der Waals surface area (Å²) in [6.07, 6.45) is 1.45. The lowest BCUT2D eigenvalue weighted by Crippen LogP contribution is -2.21. The monoisotopic (exact) mass is 233 g/mol. The van der Waals surface area contributed by atoms with Gasteiger partial charge in [0.2, 0.25) is 0 Å². The zero-order valence-corrected chi connectivity index (χ0v) is 9.88. The van der Waals surface area contributed by atoms with Crippen LogP contribution in [0.15, 0.2) is 24.3 Å². The average molecular weight is 233 g/mol. The van der Waals surface area contributed by atoms with Crippen LogP contribution in [0.4, 0.5) is 5.69 Å². The van der Waals surface area contributed by atoms with E-state index in [2.05, 4.69) is 29.2 Å². The maximum absolute atomic E-state index is 9.48. The van der Waals surface area contributed by atoms with Crippen LogP contribution >= 0.6 is 0 Å². The quantitative estimate of drug-likeness (QED) is 0.436. The Bertz CT molecular complexity index is 345. The SMILES string of the molecule is NCO[B]Cc1ccc(N2CC[C@H](O)C2)cc1. The highest BCUT2D eigenvalue weighted by Gasteiger charge is 2.19. The fourth-order valence-corrected chi connectivity index (χ4v) is 2.04. The van der Waals surface area contributed by atoms with Crippen molar-refractivity contribution < 1.29 is 9.76 Å². The maximum atomic E-state index is 9.48. The van der Waals surface area contributed by atoms with Crippen LogP contribution in [0.3, 0.4) is 0 Å². The van der Waals surface area contributed by atoms with Crippen LogP contribution in [-0.4, -0.2) is 38.5 Å². The molecule has 0 saturated carbocycles.